The second kappa shape index (κ2) is 9.62. The van der Waals surface area contributed by atoms with Crippen LogP contribution in [0.4, 0.5) is 0 Å². The summed E-state index contributed by atoms with van der Waals surface area (Å²) in [5.41, 5.74) is 2.73. The minimum atomic E-state index is -0.0865. The maximum Gasteiger partial charge on any atom is 0.126 e. The highest BCUT2D eigenvalue weighted by Crippen LogP contribution is 2.36. The van der Waals surface area contributed by atoms with E-state index in [1.54, 1.807) is 26.8 Å². The smallest absolute Gasteiger partial charge is 0.126 e. The zero-order valence-corrected chi connectivity index (χ0v) is 14.0. The first-order valence-corrected chi connectivity index (χ1v) is 7.71. The van der Waals surface area contributed by atoms with Gasteiger partial charge >= 0.3 is 0 Å². The minimum Gasteiger partial charge on any atom is -0.507 e. The molecule has 0 aliphatic rings. The number of phenolic OH excluding ortho intramolecular Hbond substituents is 2. The van der Waals surface area contributed by atoms with Crippen molar-refractivity contribution >= 4 is 6.08 Å². The van der Waals surface area contributed by atoms with Crippen molar-refractivity contribution in [1.82, 2.24) is 0 Å². The normalized spacial score (nSPS) is 10.1. The summed E-state index contributed by atoms with van der Waals surface area (Å²) in [5.74, 6) is 12.0. The molecule has 0 aliphatic heterocycles. The number of allylic oxidation sites excluding steroid dienone is 1. The monoisotopic (exact) mass is 312 g/mol. The van der Waals surface area contributed by atoms with Gasteiger partial charge in [-0.3, -0.25) is 0 Å². The molecule has 0 unspecified atom stereocenters. The van der Waals surface area contributed by atoms with Crippen LogP contribution in [-0.4, -0.2) is 21.9 Å². The molecule has 3 nitrogen and oxygen atoms in total. The Kier molecular flexibility index (Phi) is 7.81. The fourth-order valence-corrected chi connectivity index (χ4v) is 2.15. The van der Waals surface area contributed by atoms with Crippen LogP contribution in [0.1, 0.15) is 47.9 Å². The van der Waals surface area contributed by atoms with E-state index in [9.17, 15) is 10.2 Å². The van der Waals surface area contributed by atoms with Crippen LogP contribution >= 0.6 is 0 Å². The van der Waals surface area contributed by atoms with E-state index < -0.39 is 0 Å². The van der Waals surface area contributed by atoms with Crippen molar-refractivity contribution in [2.24, 2.45) is 0 Å². The number of hydrogen-bond donors (Lipinski definition) is 3. The molecule has 0 aliphatic carbocycles. The summed E-state index contributed by atoms with van der Waals surface area (Å²) < 4.78 is 0. The van der Waals surface area contributed by atoms with Crippen molar-refractivity contribution in [3.8, 4) is 35.2 Å². The lowest BCUT2D eigenvalue weighted by molar-refractivity contribution is 0.350. The third-order valence-electron chi connectivity index (χ3n) is 3.72. The highest BCUT2D eigenvalue weighted by atomic mass is 16.3. The van der Waals surface area contributed by atoms with E-state index >= 15 is 0 Å². The van der Waals surface area contributed by atoms with E-state index in [1.165, 1.54) is 0 Å². The lowest BCUT2D eigenvalue weighted by Gasteiger charge is -2.13. The summed E-state index contributed by atoms with van der Waals surface area (Å²) >= 11 is 0. The first kappa shape index (κ1) is 18.7. The molecular weight excluding hydrogens is 288 g/mol. The van der Waals surface area contributed by atoms with E-state index in [2.05, 4.69) is 23.7 Å². The van der Waals surface area contributed by atoms with E-state index in [1.807, 2.05) is 6.08 Å². The molecule has 0 aromatic heterocycles. The summed E-state index contributed by atoms with van der Waals surface area (Å²) in [6.45, 7) is 5.29. The molecule has 0 spiro atoms. The first-order valence-electron chi connectivity index (χ1n) is 7.71. The summed E-state index contributed by atoms with van der Waals surface area (Å²) in [7, 11) is 0. The average molecular weight is 312 g/mol. The Labute approximate surface area is 138 Å². The van der Waals surface area contributed by atoms with Crippen molar-refractivity contribution < 1.29 is 15.3 Å². The predicted octanol–water partition coefficient (Wildman–Crippen LogP) is 3.60. The quantitative estimate of drug-likeness (QED) is 0.452. The van der Waals surface area contributed by atoms with Crippen molar-refractivity contribution in [3.05, 3.63) is 28.3 Å². The molecule has 1 aromatic rings. The number of aliphatic hydroxyl groups is 1. The standard InChI is InChI=1S/C20H24O3/c1-15-16(2)20(23)18(17(3)19(15)22)13-11-9-7-5-4-6-8-10-12-14-21/h11,13,21-23H,4,6,8-9,14H2,1-3H3/b13-11+. The first-order chi connectivity index (χ1) is 11.0. The Morgan fingerprint density at radius 2 is 1.43 bits per heavy atom. The molecule has 0 fully saturated rings. The van der Waals surface area contributed by atoms with Gasteiger partial charge in [0.1, 0.15) is 18.1 Å². The summed E-state index contributed by atoms with van der Waals surface area (Å²) in [6, 6.07) is 0. The highest BCUT2D eigenvalue weighted by Gasteiger charge is 2.13. The molecule has 3 heteroatoms. The Morgan fingerprint density at radius 1 is 0.826 bits per heavy atom. The van der Waals surface area contributed by atoms with Crippen LogP contribution < -0.4 is 0 Å². The van der Waals surface area contributed by atoms with Crippen molar-refractivity contribution in [2.45, 2.75) is 46.5 Å². The molecule has 23 heavy (non-hydrogen) atoms. The van der Waals surface area contributed by atoms with E-state index in [0.717, 1.165) is 19.3 Å². The van der Waals surface area contributed by atoms with Gasteiger partial charge in [0, 0.05) is 30.4 Å². The Hall–Kier alpha value is -2.36. The Balaban J connectivity index is 2.60. The van der Waals surface area contributed by atoms with Crippen molar-refractivity contribution in [2.75, 3.05) is 6.61 Å². The van der Waals surface area contributed by atoms with Crippen LogP contribution in [0.2, 0.25) is 0 Å². The zero-order chi connectivity index (χ0) is 17.2. The van der Waals surface area contributed by atoms with Gasteiger partial charge in [0.2, 0.25) is 0 Å². The molecule has 0 atom stereocenters. The van der Waals surface area contributed by atoms with Gasteiger partial charge in [-0.05, 0) is 38.3 Å². The second-order valence-electron chi connectivity index (χ2n) is 5.31. The van der Waals surface area contributed by atoms with Gasteiger partial charge in [-0.15, -0.1) is 11.8 Å². The van der Waals surface area contributed by atoms with Gasteiger partial charge in [-0.25, -0.2) is 0 Å². The second-order valence-corrected chi connectivity index (χ2v) is 5.31. The molecule has 0 saturated carbocycles. The fourth-order valence-electron chi connectivity index (χ4n) is 2.15. The summed E-state index contributed by atoms with van der Waals surface area (Å²) in [4.78, 5) is 0. The van der Waals surface area contributed by atoms with Gasteiger partial charge in [0.25, 0.3) is 0 Å². The van der Waals surface area contributed by atoms with Gasteiger partial charge in [-0.2, -0.15) is 0 Å². The zero-order valence-electron chi connectivity index (χ0n) is 14.0. The molecule has 3 N–H and O–H groups in total. The van der Waals surface area contributed by atoms with E-state index in [4.69, 9.17) is 5.11 Å². The molecule has 1 rings (SSSR count). The lowest BCUT2D eigenvalue weighted by atomic mass is 9.97. The average Bonchev–Trinajstić information content (AvgIpc) is 2.55. The molecule has 0 heterocycles. The molecule has 1 aromatic carbocycles. The third-order valence-corrected chi connectivity index (χ3v) is 3.72. The highest BCUT2D eigenvalue weighted by molar-refractivity contribution is 5.68. The van der Waals surface area contributed by atoms with E-state index in [-0.39, 0.29) is 18.1 Å². The van der Waals surface area contributed by atoms with Crippen LogP contribution in [0, 0.1) is 44.5 Å². The Morgan fingerprint density at radius 3 is 2.09 bits per heavy atom. The molecule has 122 valence electrons. The lowest BCUT2D eigenvalue weighted by Crippen LogP contribution is -1.91. The Bertz CT molecular complexity index is 663. The number of aliphatic hydroxyl groups excluding tert-OH is 1. The number of rotatable bonds is 4. The molecule has 0 bridgehead atoms. The van der Waals surface area contributed by atoms with Crippen LogP contribution in [0.3, 0.4) is 0 Å². The maximum atomic E-state index is 10.2. The fraction of sp³-hybridized carbons (Fsp3) is 0.400. The number of unbranched alkanes of at least 4 members (excludes halogenated alkanes) is 2. The van der Waals surface area contributed by atoms with Crippen LogP contribution in [0.25, 0.3) is 6.08 Å². The topological polar surface area (TPSA) is 60.7 Å². The predicted molar refractivity (Wildman–Crippen MR) is 94.1 cm³/mol. The van der Waals surface area contributed by atoms with Crippen LogP contribution in [0.5, 0.6) is 11.5 Å². The van der Waals surface area contributed by atoms with Crippen LogP contribution in [0.15, 0.2) is 6.08 Å². The molecular formula is C20H24O3. The third kappa shape index (κ3) is 5.40. The number of benzene rings is 1. The van der Waals surface area contributed by atoms with Gasteiger partial charge in [0.05, 0.1) is 0 Å². The SMILES string of the molecule is Cc1c(C)c(O)c(/C=C/CC#CCCCC#CCO)c(C)c1O. The summed E-state index contributed by atoms with van der Waals surface area (Å²) in [6.07, 6.45) is 6.71. The van der Waals surface area contributed by atoms with E-state index in [0.29, 0.717) is 28.7 Å². The minimum absolute atomic E-state index is 0.0865. The molecule has 0 radical (unpaired) electrons. The van der Waals surface area contributed by atoms with Crippen molar-refractivity contribution in [1.29, 1.82) is 0 Å². The van der Waals surface area contributed by atoms with Gasteiger partial charge in [0.15, 0.2) is 0 Å². The maximum absolute atomic E-state index is 10.2. The van der Waals surface area contributed by atoms with Gasteiger partial charge in [-0.1, -0.05) is 24.0 Å². The molecule has 0 saturated heterocycles. The van der Waals surface area contributed by atoms with Gasteiger partial charge < -0.3 is 15.3 Å². The van der Waals surface area contributed by atoms with Crippen molar-refractivity contribution in [3.63, 3.8) is 0 Å². The largest absolute Gasteiger partial charge is 0.507 e. The van der Waals surface area contributed by atoms with Crippen LogP contribution in [-0.2, 0) is 0 Å². The molecule has 0 amide bonds. The number of aromatic hydroxyl groups is 2. The number of hydrogen-bond acceptors (Lipinski definition) is 3. The summed E-state index contributed by atoms with van der Waals surface area (Å²) in [5, 5.41) is 28.8. The number of phenols is 2.